The Hall–Kier alpha value is -3.57. The van der Waals surface area contributed by atoms with E-state index in [0.29, 0.717) is 27.8 Å². The fraction of sp³-hybridized carbons (Fsp3) is 0.0833. The van der Waals surface area contributed by atoms with Gasteiger partial charge in [0.2, 0.25) is 0 Å². The Morgan fingerprint density at radius 2 is 1.70 bits per heavy atom. The highest BCUT2D eigenvalue weighted by molar-refractivity contribution is 6.30. The van der Waals surface area contributed by atoms with Crippen molar-refractivity contribution >= 4 is 35.1 Å². The summed E-state index contributed by atoms with van der Waals surface area (Å²) in [4.78, 5) is 24.3. The summed E-state index contributed by atoms with van der Waals surface area (Å²) in [6.45, 7) is -0.157. The highest BCUT2D eigenvalue weighted by atomic mass is 35.5. The summed E-state index contributed by atoms with van der Waals surface area (Å²) < 4.78 is 10.9. The number of halogens is 1. The molecule has 5 nitrogen and oxygen atoms in total. The van der Waals surface area contributed by atoms with E-state index < -0.39 is 0 Å². The lowest BCUT2D eigenvalue weighted by atomic mass is 10.1. The first-order valence-electron chi connectivity index (χ1n) is 9.19. The highest BCUT2D eigenvalue weighted by Crippen LogP contribution is 2.28. The Labute approximate surface area is 179 Å². The van der Waals surface area contributed by atoms with Crippen LogP contribution in [0.15, 0.2) is 78.9 Å². The first-order valence-corrected chi connectivity index (χ1v) is 9.56. The van der Waals surface area contributed by atoms with Crippen molar-refractivity contribution in [2.75, 3.05) is 19.0 Å². The molecule has 0 bridgehead atoms. The SMILES string of the molecule is COc1cc(/C=C/C(=O)c2ccc(Cl)cc2)ccc1OCC(=O)Nc1ccccc1. The third-order valence-corrected chi connectivity index (χ3v) is 4.41. The average molecular weight is 422 g/mol. The van der Waals surface area contributed by atoms with Gasteiger partial charge in [0, 0.05) is 16.3 Å². The minimum atomic E-state index is -0.277. The lowest BCUT2D eigenvalue weighted by molar-refractivity contribution is -0.118. The Morgan fingerprint density at radius 1 is 0.967 bits per heavy atom. The summed E-state index contributed by atoms with van der Waals surface area (Å²) in [6, 6.07) is 21.0. The van der Waals surface area contributed by atoms with Crippen molar-refractivity contribution in [1.29, 1.82) is 0 Å². The third kappa shape index (κ3) is 5.96. The molecule has 0 unspecified atom stereocenters. The standard InChI is InChI=1S/C24H20ClNO4/c1-29-23-15-17(7-13-21(27)18-9-11-19(25)12-10-18)8-14-22(23)30-16-24(28)26-20-5-3-2-4-6-20/h2-15H,16H2,1H3,(H,26,28)/b13-7+. The fourth-order valence-electron chi connectivity index (χ4n) is 2.65. The van der Waals surface area contributed by atoms with E-state index in [1.807, 2.05) is 18.2 Å². The summed E-state index contributed by atoms with van der Waals surface area (Å²) in [5.74, 6) is 0.481. The zero-order chi connectivity index (χ0) is 21.3. The molecule has 0 heterocycles. The largest absolute Gasteiger partial charge is 0.493 e. The van der Waals surface area contributed by atoms with Crippen molar-refractivity contribution in [2.45, 2.75) is 0 Å². The van der Waals surface area contributed by atoms with E-state index in [4.69, 9.17) is 21.1 Å². The number of benzene rings is 3. The van der Waals surface area contributed by atoms with Crippen molar-refractivity contribution in [3.63, 3.8) is 0 Å². The van der Waals surface area contributed by atoms with Gasteiger partial charge >= 0.3 is 0 Å². The normalized spacial score (nSPS) is 10.6. The van der Waals surface area contributed by atoms with Crippen LogP contribution in [-0.4, -0.2) is 25.4 Å². The lowest BCUT2D eigenvalue weighted by Crippen LogP contribution is -2.20. The van der Waals surface area contributed by atoms with E-state index in [2.05, 4.69) is 5.32 Å². The van der Waals surface area contributed by atoms with Crippen LogP contribution in [0.1, 0.15) is 15.9 Å². The summed E-state index contributed by atoms with van der Waals surface area (Å²) in [7, 11) is 1.51. The van der Waals surface area contributed by atoms with Gasteiger partial charge in [0.15, 0.2) is 23.9 Å². The molecular weight excluding hydrogens is 402 g/mol. The molecule has 1 amide bonds. The van der Waals surface area contributed by atoms with Gasteiger partial charge in [-0.3, -0.25) is 9.59 Å². The minimum absolute atomic E-state index is 0.136. The Bertz CT molecular complexity index is 1050. The lowest BCUT2D eigenvalue weighted by Gasteiger charge is -2.11. The van der Waals surface area contributed by atoms with Crippen LogP contribution in [0.3, 0.4) is 0 Å². The molecule has 0 aromatic heterocycles. The number of carbonyl (C=O) groups excluding carboxylic acids is 2. The fourth-order valence-corrected chi connectivity index (χ4v) is 2.78. The summed E-state index contributed by atoms with van der Waals surface area (Å²) in [5.41, 5.74) is 2.01. The topological polar surface area (TPSA) is 64.6 Å². The number of carbonyl (C=O) groups is 2. The molecule has 3 aromatic rings. The molecule has 0 fully saturated rings. The predicted molar refractivity (Wildman–Crippen MR) is 118 cm³/mol. The van der Waals surface area contributed by atoms with Gasteiger partial charge in [-0.15, -0.1) is 0 Å². The molecule has 0 aliphatic rings. The maximum Gasteiger partial charge on any atom is 0.262 e. The van der Waals surface area contributed by atoms with Gasteiger partial charge in [-0.1, -0.05) is 41.9 Å². The first-order chi connectivity index (χ1) is 14.5. The van der Waals surface area contributed by atoms with E-state index >= 15 is 0 Å². The quantitative estimate of drug-likeness (QED) is 0.398. The molecule has 0 aliphatic carbocycles. The number of amides is 1. The van der Waals surface area contributed by atoms with Gasteiger partial charge in [-0.05, 0) is 60.2 Å². The van der Waals surface area contributed by atoms with E-state index in [-0.39, 0.29) is 18.3 Å². The summed E-state index contributed by atoms with van der Waals surface area (Å²) in [6.07, 6.45) is 3.16. The molecule has 152 valence electrons. The second-order valence-corrected chi connectivity index (χ2v) is 6.75. The van der Waals surface area contributed by atoms with Crippen LogP contribution >= 0.6 is 11.6 Å². The third-order valence-electron chi connectivity index (χ3n) is 4.16. The van der Waals surface area contributed by atoms with E-state index in [1.54, 1.807) is 60.7 Å². The number of rotatable bonds is 8. The van der Waals surface area contributed by atoms with Crippen LogP contribution < -0.4 is 14.8 Å². The maximum atomic E-state index is 12.2. The Balaban J connectivity index is 1.62. The number of nitrogens with one attached hydrogen (secondary N) is 1. The van der Waals surface area contributed by atoms with E-state index in [0.717, 1.165) is 5.56 Å². The number of ether oxygens (including phenoxy) is 2. The van der Waals surface area contributed by atoms with Gasteiger partial charge in [0.05, 0.1) is 7.11 Å². The monoisotopic (exact) mass is 421 g/mol. The molecule has 0 saturated heterocycles. The van der Waals surface area contributed by atoms with E-state index in [9.17, 15) is 9.59 Å². The number of hydrogen-bond donors (Lipinski definition) is 1. The molecule has 0 aliphatic heterocycles. The molecule has 3 aromatic carbocycles. The van der Waals surface area contributed by atoms with Crippen molar-refractivity contribution in [3.8, 4) is 11.5 Å². The molecule has 0 atom stereocenters. The average Bonchev–Trinajstić information content (AvgIpc) is 2.77. The Morgan fingerprint density at radius 3 is 2.40 bits per heavy atom. The van der Waals surface area contributed by atoms with Crippen molar-refractivity contribution in [2.24, 2.45) is 0 Å². The molecule has 3 rings (SSSR count). The van der Waals surface area contributed by atoms with Crippen LogP contribution in [0.5, 0.6) is 11.5 Å². The van der Waals surface area contributed by atoms with Gasteiger partial charge in [0.1, 0.15) is 0 Å². The van der Waals surface area contributed by atoms with Crippen LogP contribution in [0.25, 0.3) is 6.08 Å². The summed E-state index contributed by atoms with van der Waals surface area (Å²) in [5, 5.41) is 3.33. The number of para-hydroxylation sites is 1. The van der Waals surface area contributed by atoms with Crippen LogP contribution in [0.2, 0.25) is 5.02 Å². The Kier molecular flexibility index (Phi) is 7.24. The van der Waals surface area contributed by atoms with Gasteiger partial charge in [-0.25, -0.2) is 0 Å². The van der Waals surface area contributed by atoms with Crippen LogP contribution in [0.4, 0.5) is 5.69 Å². The molecular formula is C24H20ClNO4. The van der Waals surface area contributed by atoms with Crippen LogP contribution in [-0.2, 0) is 4.79 Å². The second-order valence-electron chi connectivity index (χ2n) is 6.32. The maximum absolute atomic E-state index is 12.2. The van der Waals surface area contributed by atoms with Crippen LogP contribution in [0, 0.1) is 0 Å². The molecule has 30 heavy (non-hydrogen) atoms. The number of hydrogen-bond acceptors (Lipinski definition) is 4. The van der Waals surface area contributed by atoms with Gasteiger partial charge in [0.25, 0.3) is 5.91 Å². The number of methoxy groups -OCH3 is 1. The number of ketones is 1. The zero-order valence-corrected chi connectivity index (χ0v) is 17.1. The molecule has 0 radical (unpaired) electrons. The smallest absolute Gasteiger partial charge is 0.262 e. The van der Waals surface area contributed by atoms with Gasteiger partial charge in [-0.2, -0.15) is 0 Å². The minimum Gasteiger partial charge on any atom is -0.493 e. The summed E-state index contributed by atoms with van der Waals surface area (Å²) >= 11 is 5.84. The molecule has 0 saturated carbocycles. The van der Waals surface area contributed by atoms with Crippen molar-refractivity contribution in [1.82, 2.24) is 0 Å². The van der Waals surface area contributed by atoms with Gasteiger partial charge < -0.3 is 14.8 Å². The predicted octanol–water partition coefficient (Wildman–Crippen LogP) is 5.26. The second kappa shape index (κ2) is 10.3. The van der Waals surface area contributed by atoms with E-state index in [1.165, 1.54) is 13.2 Å². The first kappa shape index (κ1) is 21.1. The molecule has 1 N–H and O–H groups in total. The number of anilines is 1. The van der Waals surface area contributed by atoms with Crippen molar-refractivity contribution in [3.05, 3.63) is 95.0 Å². The number of allylic oxidation sites excluding steroid dienone is 1. The molecule has 0 spiro atoms. The zero-order valence-electron chi connectivity index (χ0n) is 16.3. The van der Waals surface area contributed by atoms with Crippen molar-refractivity contribution < 1.29 is 19.1 Å². The molecule has 6 heteroatoms. The highest BCUT2D eigenvalue weighted by Gasteiger charge is 2.09.